The van der Waals surface area contributed by atoms with E-state index in [1.165, 1.54) is 7.11 Å². The number of carbonyl (C=O) groups excluding carboxylic acids is 2. The summed E-state index contributed by atoms with van der Waals surface area (Å²) >= 11 is 0. The van der Waals surface area contributed by atoms with Crippen molar-refractivity contribution in [2.24, 2.45) is 11.8 Å². The van der Waals surface area contributed by atoms with Gasteiger partial charge in [0, 0.05) is 12.3 Å². The van der Waals surface area contributed by atoms with Gasteiger partial charge in [-0.2, -0.15) is 0 Å². The normalized spacial score (nSPS) is 33.1. The minimum atomic E-state index is -0.175. The minimum absolute atomic E-state index is 0.0610. The average molecular weight is 226 g/mol. The second-order valence-electron chi connectivity index (χ2n) is 4.72. The molecule has 0 radical (unpaired) electrons. The van der Waals surface area contributed by atoms with Crippen molar-refractivity contribution in [3.05, 3.63) is 0 Å². The SMILES string of the molecule is COC(=O)CCC1CCCC2CC(=O)OC12. The molecule has 0 spiro atoms. The molecule has 0 N–H and O–H groups in total. The molecular weight excluding hydrogens is 208 g/mol. The molecule has 4 nitrogen and oxygen atoms in total. The van der Waals surface area contributed by atoms with Gasteiger partial charge in [-0.1, -0.05) is 6.42 Å². The van der Waals surface area contributed by atoms with Gasteiger partial charge in [0.15, 0.2) is 0 Å². The second-order valence-corrected chi connectivity index (χ2v) is 4.72. The summed E-state index contributed by atoms with van der Waals surface area (Å²) < 4.78 is 9.98. The van der Waals surface area contributed by atoms with Gasteiger partial charge in [0.05, 0.1) is 13.5 Å². The quantitative estimate of drug-likeness (QED) is 0.687. The molecule has 1 heterocycles. The first kappa shape index (κ1) is 11.4. The van der Waals surface area contributed by atoms with Crippen molar-refractivity contribution in [3.8, 4) is 0 Å². The first-order chi connectivity index (χ1) is 7.70. The summed E-state index contributed by atoms with van der Waals surface area (Å²) in [6, 6.07) is 0. The van der Waals surface area contributed by atoms with Gasteiger partial charge in [0.1, 0.15) is 6.10 Å². The fourth-order valence-corrected chi connectivity index (χ4v) is 2.89. The van der Waals surface area contributed by atoms with Crippen molar-refractivity contribution in [2.45, 2.75) is 44.6 Å². The van der Waals surface area contributed by atoms with E-state index in [-0.39, 0.29) is 18.0 Å². The number of ether oxygens (including phenoxy) is 2. The second kappa shape index (κ2) is 4.85. The highest BCUT2D eigenvalue weighted by Crippen LogP contribution is 2.40. The van der Waals surface area contributed by atoms with E-state index in [2.05, 4.69) is 4.74 Å². The zero-order valence-corrected chi connectivity index (χ0v) is 9.61. The van der Waals surface area contributed by atoms with Gasteiger partial charge >= 0.3 is 11.9 Å². The molecule has 2 rings (SSSR count). The topological polar surface area (TPSA) is 52.6 Å². The summed E-state index contributed by atoms with van der Waals surface area (Å²) in [5.41, 5.74) is 0. The van der Waals surface area contributed by atoms with E-state index < -0.39 is 0 Å². The Morgan fingerprint density at radius 2 is 2.31 bits per heavy atom. The Balaban J connectivity index is 1.88. The number of esters is 2. The molecule has 1 aliphatic heterocycles. The minimum Gasteiger partial charge on any atom is -0.469 e. The zero-order chi connectivity index (χ0) is 11.5. The number of hydrogen-bond donors (Lipinski definition) is 0. The van der Waals surface area contributed by atoms with Gasteiger partial charge in [0.2, 0.25) is 0 Å². The van der Waals surface area contributed by atoms with Gasteiger partial charge < -0.3 is 9.47 Å². The highest BCUT2D eigenvalue weighted by molar-refractivity contribution is 5.72. The Kier molecular flexibility index (Phi) is 3.46. The lowest BCUT2D eigenvalue weighted by molar-refractivity contribution is -0.144. The molecule has 0 bridgehead atoms. The predicted octanol–water partition coefficient (Wildman–Crippen LogP) is 1.67. The van der Waals surface area contributed by atoms with Crippen LogP contribution < -0.4 is 0 Å². The van der Waals surface area contributed by atoms with E-state index in [0.29, 0.717) is 24.7 Å². The van der Waals surface area contributed by atoms with E-state index in [9.17, 15) is 9.59 Å². The number of carbonyl (C=O) groups is 2. The fourth-order valence-electron chi connectivity index (χ4n) is 2.89. The van der Waals surface area contributed by atoms with E-state index in [0.717, 1.165) is 25.7 Å². The molecule has 1 saturated heterocycles. The molecule has 0 aromatic heterocycles. The summed E-state index contributed by atoms with van der Waals surface area (Å²) in [4.78, 5) is 22.3. The molecule has 0 aromatic carbocycles. The largest absolute Gasteiger partial charge is 0.469 e. The number of rotatable bonds is 3. The van der Waals surface area contributed by atoms with Crippen molar-refractivity contribution < 1.29 is 19.1 Å². The highest BCUT2D eigenvalue weighted by Gasteiger charge is 2.42. The monoisotopic (exact) mass is 226 g/mol. The van der Waals surface area contributed by atoms with Crippen molar-refractivity contribution in [1.29, 1.82) is 0 Å². The van der Waals surface area contributed by atoms with Gasteiger partial charge in [-0.3, -0.25) is 9.59 Å². The van der Waals surface area contributed by atoms with Gasteiger partial charge in [-0.15, -0.1) is 0 Å². The van der Waals surface area contributed by atoms with E-state index in [1.54, 1.807) is 0 Å². The Morgan fingerprint density at radius 3 is 3.06 bits per heavy atom. The Morgan fingerprint density at radius 1 is 1.50 bits per heavy atom. The highest BCUT2D eigenvalue weighted by atomic mass is 16.6. The van der Waals surface area contributed by atoms with E-state index in [4.69, 9.17) is 4.74 Å². The zero-order valence-electron chi connectivity index (χ0n) is 9.61. The lowest BCUT2D eigenvalue weighted by Crippen LogP contribution is -2.31. The van der Waals surface area contributed by atoms with Crippen LogP contribution in [-0.4, -0.2) is 25.2 Å². The smallest absolute Gasteiger partial charge is 0.306 e. The molecule has 4 heteroatoms. The standard InChI is InChI=1S/C12H18O4/c1-15-10(13)6-5-8-3-2-4-9-7-11(14)16-12(8)9/h8-9,12H,2-7H2,1H3. The van der Waals surface area contributed by atoms with Crippen LogP contribution in [0.4, 0.5) is 0 Å². The summed E-state index contributed by atoms with van der Waals surface area (Å²) in [5, 5.41) is 0. The van der Waals surface area contributed by atoms with Crippen LogP contribution in [0.25, 0.3) is 0 Å². The molecule has 3 atom stereocenters. The average Bonchev–Trinajstić information content (AvgIpc) is 2.66. The summed E-state index contributed by atoms with van der Waals surface area (Å²) in [6.07, 6.45) is 5.13. The van der Waals surface area contributed by atoms with E-state index in [1.807, 2.05) is 0 Å². The van der Waals surface area contributed by atoms with Crippen molar-refractivity contribution in [3.63, 3.8) is 0 Å². The summed E-state index contributed by atoms with van der Waals surface area (Å²) in [5.74, 6) is 0.500. The van der Waals surface area contributed by atoms with Crippen LogP contribution in [-0.2, 0) is 19.1 Å². The third-order valence-corrected chi connectivity index (χ3v) is 3.72. The molecule has 1 saturated carbocycles. The third kappa shape index (κ3) is 2.36. The van der Waals surface area contributed by atoms with Gasteiger partial charge in [0.25, 0.3) is 0 Å². The molecule has 3 unspecified atom stereocenters. The Bertz CT molecular complexity index is 287. The summed E-state index contributed by atoms with van der Waals surface area (Å²) in [7, 11) is 1.40. The van der Waals surface area contributed by atoms with Crippen molar-refractivity contribution in [2.75, 3.05) is 7.11 Å². The van der Waals surface area contributed by atoms with Crippen LogP contribution in [0.15, 0.2) is 0 Å². The predicted molar refractivity (Wildman–Crippen MR) is 56.6 cm³/mol. The number of hydrogen-bond acceptors (Lipinski definition) is 4. The first-order valence-corrected chi connectivity index (χ1v) is 5.97. The molecule has 90 valence electrons. The van der Waals surface area contributed by atoms with Crippen LogP contribution in [0.3, 0.4) is 0 Å². The lowest BCUT2D eigenvalue weighted by Gasteiger charge is -2.31. The maximum atomic E-state index is 11.2. The summed E-state index contributed by atoms with van der Waals surface area (Å²) in [6.45, 7) is 0. The van der Waals surface area contributed by atoms with Crippen LogP contribution in [0, 0.1) is 11.8 Å². The van der Waals surface area contributed by atoms with Crippen LogP contribution in [0.1, 0.15) is 38.5 Å². The van der Waals surface area contributed by atoms with Crippen molar-refractivity contribution >= 4 is 11.9 Å². The molecule has 2 fully saturated rings. The molecule has 2 aliphatic rings. The first-order valence-electron chi connectivity index (χ1n) is 5.97. The molecular formula is C12H18O4. The maximum absolute atomic E-state index is 11.2. The number of methoxy groups -OCH3 is 1. The lowest BCUT2D eigenvalue weighted by atomic mass is 9.77. The number of fused-ring (bicyclic) bond motifs is 1. The van der Waals surface area contributed by atoms with Gasteiger partial charge in [-0.05, 0) is 25.2 Å². The Hall–Kier alpha value is -1.06. The molecule has 0 amide bonds. The maximum Gasteiger partial charge on any atom is 0.306 e. The van der Waals surface area contributed by atoms with Crippen LogP contribution in [0.2, 0.25) is 0 Å². The van der Waals surface area contributed by atoms with Crippen LogP contribution in [0.5, 0.6) is 0 Å². The van der Waals surface area contributed by atoms with E-state index >= 15 is 0 Å². The van der Waals surface area contributed by atoms with Crippen LogP contribution >= 0.6 is 0 Å². The Labute approximate surface area is 95.3 Å². The molecule has 1 aliphatic carbocycles. The molecule has 16 heavy (non-hydrogen) atoms. The van der Waals surface area contributed by atoms with Crippen molar-refractivity contribution in [1.82, 2.24) is 0 Å². The van der Waals surface area contributed by atoms with Gasteiger partial charge in [-0.25, -0.2) is 0 Å². The fraction of sp³-hybridized carbons (Fsp3) is 0.833. The molecule has 0 aromatic rings. The third-order valence-electron chi connectivity index (χ3n) is 3.72.